The fourth-order valence-electron chi connectivity index (χ4n) is 1.23. The molecule has 1 fully saturated rings. The molecule has 0 aliphatic carbocycles. The summed E-state index contributed by atoms with van der Waals surface area (Å²) < 4.78 is 5.22. The van der Waals surface area contributed by atoms with Gasteiger partial charge in [-0.25, -0.2) is 9.99 Å². The van der Waals surface area contributed by atoms with E-state index in [1.54, 1.807) is 6.20 Å². The number of aromatic nitrogens is 2. The zero-order chi connectivity index (χ0) is 9.80. The molecule has 1 N–H and O–H groups in total. The molecule has 1 aromatic heterocycles. The minimum atomic E-state index is 0.392. The van der Waals surface area contributed by atoms with Crippen molar-refractivity contribution >= 4 is 17.4 Å². The van der Waals surface area contributed by atoms with Crippen molar-refractivity contribution in [1.29, 1.82) is 0 Å². The number of hydrogen-bond acceptors (Lipinski definition) is 5. The van der Waals surface area contributed by atoms with Gasteiger partial charge in [-0.3, -0.25) is 4.98 Å². The highest BCUT2D eigenvalue weighted by atomic mass is 35.5. The number of anilines is 1. The van der Waals surface area contributed by atoms with Crippen LogP contribution in [0.4, 0.5) is 5.82 Å². The van der Waals surface area contributed by atoms with Crippen LogP contribution in [0.25, 0.3) is 0 Å². The van der Waals surface area contributed by atoms with Gasteiger partial charge in [0.1, 0.15) is 5.15 Å². The molecule has 0 spiro atoms. The number of nitrogens with zero attached hydrogens (tertiary/aromatic N) is 3. The normalized spacial score (nSPS) is 18.1. The summed E-state index contributed by atoms with van der Waals surface area (Å²) in [6.07, 6.45) is 3.15. The molecule has 6 heteroatoms. The van der Waals surface area contributed by atoms with Crippen LogP contribution in [0.2, 0.25) is 5.15 Å². The first-order valence-electron chi connectivity index (χ1n) is 4.41. The van der Waals surface area contributed by atoms with Gasteiger partial charge in [-0.1, -0.05) is 11.6 Å². The van der Waals surface area contributed by atoms with Crippen LogP contribution >= 0.6 is 11.6 Å². The maximum absolute atomic E-state index is 5.71. The molecule has 0 aromatic carbocycles. The number of hydrogen-bond donors (Lipinski definition) is 1. The molecule has 76 valence electrons. The summed E-state index contributed by atoms with van der Waals surface area (Å²) in [5.74, 6) is 0.666. The van der Waals surface area contributed by atoms with Gasteiger partial charge in [0.2, 0.25) is 0 Å². The minimum Gasteiger partial charge on any atom is -0.379 e. The van der Waals surface area contributed by atoms with Crippen LogP contribution in [0.5, 0.6) is 0 Å². The number of ether oxygens (including phenoxy) is 1. The second-order valence-corrected chi connectivity index (χ2v) is 3.33. The molecule has 1 saturated heterocycles. The van der Waals surface area contributed by atoms with Crippen molar-refractivity contribution in [2.24, 2.45) is 0 Å². The van der Waals surface area contributed by atoms with E-state index >= 15 is 0 Å². The molecule has 2 rings (SSSR count). The van der Waals surface area contributed by atoms with Crippen molar-refractivity contribution < 1.29 is 4.74 Å². The van der Waals surface area contributed by atoms with Gasteiger partial charge >= 0.3 is 0 Å². The smallest absolute Gasteiger partial charge is 0.160 e. The van der Waals surface area contributed by atoms with Gasteiger partial charge in [-0.15, -0.1) is 0 Å². The Balaban J connectivity index is 1.95. The van der Waals surface area contributed by atoms with Crippen LogP contribution in [-0.2, 0) is 4.74 Å². The topological polar surface area (TPSA) is 50.3 Å². The molecule has 0 saturated carbocycles. The molecule has 14 heavy (non-hydrogen) atoms. The highest BCUT2D eigenvalue weighted by Crippen LogP contribution is 2.08. The third kappa shape index (κ3) is 2.54. The molecular formula is C8H11ClN4O. The molecule has 0 amide bonds. The van der Waals surface area contributed by atoms with Crippen molar-refractivity contribution in [2.45, 2.75) is 0 Å². The number of hydrazine groups is 1. The Bertz CT molecular complexity index is 303. The Hall–Kier alpha value is -0.910. The fraction of sp³-hybridized carbons (Fsp3) is 0.500. The van der Waals surface area contributed by atoms with Crippen LogP contribution < -0.4 is 5.43 Å². The van der Waals surface area contributed by atoms with E-state index in [0.29, 0.717) is 11.0 Å². The van der Waals surface area contributed by atoms with E-state index < -0.39 is 0 Å². The third-order valence-corrected chi connectivity index (χ3v) is 2.07. The zero-order valence-corrected chi connectivity index (χ0v) is 8.37. The number of nitrogens with one attached hydrogen (secondary N) is 1. The van der Waals surface area contributed by atoms with Crippen molar-refractivity contribution in [3.05, 3.63) is 17.5 Å². The van der Waals surface area contributed by atoms with Gasteiger partial charge in [0.25, 0.3) is 0 Å². The number of rotatable bonds is 2. The molecule has 1 aliphatic heterocycles. The lowest BCUT2D eigenvalue weighted by Gasteiger charge is -2.27. The second-order valence-electron chi connectivity index (χ2n) is 2.94. The Morgan fingerprint density at radius 3 is 2.86 bits per heavy atom. The van der Waals surface area contributed by atoms with Gasteiger partial charge in [0, 0.05) is 13.1 Å². The van der Waals surface area contributed by atoms with Crippen LogP contribution in [0.1, 0.15) is 0 Å². The summed E-state index contributed by atoms with van der Waals surface area (Å²) in [5, 5.41) is 2.42. The summed E-state index contributed by atoms with van der Waals surface area (Å²) in [7, 11) is 0. The average molecular weight is 215 g/mol. The molecule has 0 radical (unpaired) electrons. The SMILES string of the molecule is Clc1cncc(NN2CCOCC2)n1. The molecule has 0 unspecified atom stereocenters. The molecule has 5 nitrogen and oxygen atoms in total. The van der Waals surface area contributed by atoms with Gasteiger partial charge in [0.05, 0.1) is 25.6 Å². The molecule has 0 atom stereocenters. The highest BCUT2D eigenvalue weighted by molar-refractivity contribution is 6.29. The quantitative estimate of drug-likeness (QED) is 0.789. The lowest BCUT2D eigenvalue weighted by atomic mass is 10.5. The molecule has 2 heterocycles. The second kappa shape index (κ2) is 4.54. The van der Waals surface area contributed by atoms with Gasteiger partial charge in [-0.2, -0.15) is 0 Å². The molecular weight excluding hydrogens is 204 g/mol. The predicted octanol–water partition coefficient (Wildman–Crippen LogP) is 0.789. The van der Waals surface area contributed by atoms with Crippen molar-refractivity contribution in [3.8, 4) is 0 Å². The highest BCUT2D eigenvalue weighted by Gasteiger charge is 2.10. The predicted molar refractivity (Wildman–Crippen MR) is 53.1 cm³/mol. The lowest BCUT2D eigenvalue weighted by molar-refractivity contribution is 0.0494. The largest absolute Gasteiger partial charge is 0.379 e. The van der Waals surface area contributed by atoms with Crippen LogP contribution in [-0.4, -0.2) is 41.3 Å². The maximum Gasteiger partial charge on any atom is 0.160 e. The monoisotopic (exact) mass is 214 g/mol. The Morgan fingerprint density at radius 2 is 2.14 bits per heavy atom. The summed E-state index contributed by atoms with van der Waals surface area (Å²) in [5.41, 5.74) is 3.12. The number of morpholine rings is 1. The zero-order valence-electron chi connectivity index (χ0n) is 7.61. The number of halogens is 1. The summed E-state index contributed by atoms with van der Waals surface area (Å²) in [4.78, 5) is 8.01. The van der Waals surface area contributed by atoms with Gasteiger partial charge in [0.15, 0.2) is 5.82 Å². The average Bonchev–Trinajstić information content (AvgIpc) is 2.19. The van der Waals surface area contributed by atoms with Crippen LogP contribution in [0.3, 0.4) is 0 Å². The minimum absolute atomic E-state index is 0.392. The first-order valence-corrected chi connectivity index (χ1v) is 4.79. The van der Waals surface area contributed by atoms with Crippen LogP contribution in [0.15, 0.2) is 12.4 Å². The van der Waals surface area contributed by atoms with E-state index in [2.05, 4.69) is 15.4 Å². The van der Waals surface area contributed by atoms with Crippen molar-refractivity contribution in [3.63, 3.8) is 0 Å². The van der Waals surface area contributed by atoms with E-state index in [1.807, 2.05) is 5.01 Å². The van der Waals surface area contributed by atoms with E-state index in [4.69, 9.17) is 16.3 Å². The lowest BCUT2D eigenvalue weighted by Crippen LogP contribution is -2.40. The first-order chi connectivity index (χ1) is 6.84. The fourth-order valence-corrected chi connectivity index (χ4v) is 1.38. The van der Waals surface area contributed by atoms with Gasteiger partial charge < -0.3 is 10.2 Å². The van der Waals surface area contributed by atoms with E-state index in [1.165, 1.54) is 6.20 Å². The molecule has 1 aromatic rings. The molecule has 1 aliphatic rings. The van der Waals surface area contributed by atoms with Crippen molar-refractivity contribution in [2.75, 3.05) is 31.7 Å². The Morgan fingerprint density at radius 1 is 1.36 bits per heavy atom. The first kappa shape index (κ1) is 9.64. The van der Waals surface area contributed by atoms with Crippen LogP contribution in [0, 0.1) is 0 Å². The van der Waals surface area contributed by atoms with E-state index in [-0.39, 0.29) is 0 Å². The summed E-state index contributed by atoms with van der Waals surface area (Å²) >= 11 is 5.71. The van der Waals surface area contributed by atoms with Crippen molar-refractivity contribution in [1.82, 2.24) is 15.0 Å². The van der Waals surface area contributed by atoms with E-state index in [0.717, 1.165) is 26.3 Å². The molecule has 0 bridgehead atoms. The Labute approximate surface area is 87.0 Å². The third-order valence-electron chi connectivity index (χ3n) is 1.89. The van der Waals surface area contributed by atoms with E-state index in [9.17, 15) is 0 Å². The van der Waals surface area contributed by atoms with Gasteiger partial charge in [-0.05, 0) is 0 Å². The maximum atomic E-state index is 5.71. The summed E-state index contributed by atoms with van der Waals surface area (Å²) in [6, 6.07) is 0. The Kier molecular flexibility index (Phi) is 3.13. The standard InChI is InChI=1S/C8H11ClN4O/c9-7-5-10-6-8(11-7)12-13-1-3-14-4-2-13/h5-6H,1-4H2,(H,11,12). The summed E-state index contributed by atoms with van der Waals surface area (Å²) in [6.45, 7) is 3.16.